The average molecular weight is 312 g/mol. The van der Waals surface area contributed by atoms with Crippen LogP contribution in [0.4, 0.5) is 5.95 Å². The highest BCUT2D eigenvalue weighted by Gasteiger charge is 2.11. The molecule has 0 saturated heterocycles. The molecule has 0 aliphatic carbocycles. The van der Waals surface area contributed by atoms with Gasteiger partial charge in [0.05, 0.1) is 23.5 Å². The molecule has 0 saturated carbocycles. The summed E-state index contributed by atoms with van der Waals surface area (Å²) in [6.07, 6.45) is 3.32. The Morgan fingerprint density at radius 3 is 3.05 bits per heavy atom. The van der Waals surface area contributed by atoms with Gasteiger partial charge >= 0.3 is 0 Å². The summed E-state index contributed by atoms with van der Waals surface area (Å²) in [5.74, 6) is 0.478. The smallest absolute Gasteiger partial charge is 0.252 e. The standard InChI is InChI=1S/C13H18ClN5O2/c1-9(7-19-8-10(14)6-16-19)11-5-12(20)18-13(17-11)15-3-4-21-2/h5-6,8-9H,3-4,7H2,1-2H3,(H2,15,17,18,20). The van der Waals surface area contributed by atoms with Crippen molar-refractivity contribution in [1.29, 1.82) is 0 Å². The number of aromatic nitrogens is 4. The number of hydrogen-bond donors (Lipinski definition) is 2. The minimum absolute atomic E-state index is 0.0336. The Kier molecular flexibility index (Phi) is 5.35. The zero-order valence-electron chi connectivity index (χ0n) is 12.0. The van der Waals surface area contributed by atoms with Gasteiger partial charge in [0.2, 0.25) is 5.95 Å². The van der Waals surface area contributed by atoms with E-state index < -0.39 is 0 Å². The summed E-state index contributed by atoms with van der Waals surface area (Å²) in [5, 5.41) is 7.73. The molecule has 0 aliphatic heterocycles. The van der Waals surface area contributed by atoms with Gasteiger partial charge in [0.25, 0.3) is 5.56 Å². The van der Waals surface area contributed by atoms with Gasteiger partial charge in [-0.3, -0.25) is 14.5 Å². The van der Waals surface area contributed by atoms with Crippen molar-refractivity contribution in [3.8, 4) is 0 Å². The third-order valence-electron chi connectivity index (χ3n) is 2.93. The summed E-state index contributed by atoms with van der Waals surface area (Å²) >= 11 is 5.84. The Morgan fingerprint density at radius 2 is 2.38 bits per heavy atom. The second kappa shape index (κ2) is 7.24. The zero-order chi connectivity index (χ0) is 15.2. The first-order valence-electron chi connectivity index (χ1n) is 6.60. The van der Waals surface area contributed by atoms with Gasteiger partial charge in [-0.05, 0) is 0 Å². The van der Waals surface area contributed by atoms with E-state index in [1.54, 1.807) is 24.2 Å². The van der Waals surface area contributed by atoms with Crippen LogP contribution in [-0.2, 0) is 11.3 Å². The van der Waals surface area contributed by atoms with Gasteiger partial charge in [-0.1, -0.05) is 18.5 Å². The maximum atomic E-state index is 11.7. The van der Waals surface area contributed by atoms with E-state index in [1.165, 1.54) is 6.07 Å². The van der Waals surface area contributed by atoms with E-state index in [0.29, 0.717) is 36.4 Å². The molecule has 1 atom stereocenters. The van der Waals surface area contributed by atoms with E-state index in [4.69, 9.17) is 16.3 Å². The lowest BCUT2D eigenvalue weighted by Crippen LogP contribution is -2.18. The summed E-state index contributed by atoms with van der Waals surface area (Å²) in [4.78, 5) is 18.8. The number of nitrogens with zero attached hydrogens (tertiary/aromatic N) is 3. The molecule has 2 rings (SSSR count). The summed E-state index contributed by atoms with van der Waals surface area (Å²) in [7, 11) is 1.62. The van der Waals surface area contributed by atoms with E-state index >= 15 is 0 Å². The molecular formula is C13H18ClN5O2. The summed E-state index contributed by atoms with van der Waals surface area (Å²) < 4.78 is 6.68. The summed E-state index contributed by atoms with van der Waals surface area (Å²) in [5.41, 5.74) is 0.510. The lowest BCUT2D eigenvalue weighted by molar-refractivity contribution is 0.210. The summed E-state index contributed by atoms with van der Waals surface area (Å²) in [6, 6.07) is 1.50. The van der Waals surface area contributed by atoms with Crippen molar-refractivity contribution in [2.24, 2.45) is 0 Å². The van der Waals surface area contributed by atoms with Crippen LogP contribution in [0, 0.1) is 0 Å². The van der Waals surface area contributed by atoms with E-state index in [9.17, 15) is 4.79 Å². The molecular weight excluding hydrogens is 294 g/mol. The van der Waals surface area contributed by atoms with E-state index in [-0.39, 0.29) is 11.5 Å². The van der Waals surface area contributed by atoms with Crippen LogP contribution in [0.25, 0.3) is 0 Å². The highest BCUT2D eigenvalue weighted by atomic mass is 35.5. The highest BCUT2D eigenvalue weighted by molar-refractivity contribution is 6.30. The van der Waals surface area contributed by atoms with Crippen LogP contribution in [0.15, 0.2) is 23.3 Å². The fraction of sp³-hybridized carbons (Fsp3) is 0.462. The maximum absolute atomic E-state index is 11.7. The predicted molar refractivity (Wildman–Crippen MR) is 80.9 cm³/mol. The van der Waals surface area contributed by atoms with Crippen molar-refractivity contribution < 1.29 is 4.74 Å². The topological polar surface area (TPSA) is 84.8 Å². The first-order valence-corrected chi connectivity index (χ1v) is 6.98. The lowest BCUT2D eigenvalue weighted by Gasteiger charge is -2.12. The highest BCUT2D eigenvalue weighted by Crippen LogP contribution is 2.15. The quantitative estimate of drug-likeness (QED) is 0.757. The molecule has 0 radical (unpaired) electrons. The maximum Gasteiger partial charge on any atom is 0.252 e. The molecule has 8 heteroatoms. The molecule has 2 aromatic heterocycles. The Hall–Kier alpha value is -1.86. The van der Waals surface area contributed by atoms with Crippen LogP contribution in [0.2, 0.25) is 5.02 Å². The first-order chi connectivity index (χ1) is 10.1. The summed E-state index contributed by atoms with van der Waals surface area (Å²) in [6.45, 7) is 3.69. The fourth-order valence-corrected chi connectivity index (χ4v) is 2.05. The van der Waals surface area contributed by atoms with Crippen LogP contribution >= 0.6 is 11.6 Å². The van der Waals surface area contributed by atoms with Gasteiger partial charge in [-0.2, -0.15) is 5.10 Å². The van der Waals surface area contributed by atoms with Crippen molar-refractivity contribution in [2.45, 2.75) is 19.4 Å². The van der Waals surface area contributed by atoms with Gasteiger partial charge < -0.3 is 10.1 Å². The minimum Gasteiger partial charge on any atom is -0.383 e. The number of hydrogen-bond acceptors (Lipinski definition) is 5. The van der Waals surface area contributed by atoms with Crippen molar-refractivity contribution >= 4 is 17.5 Å². The molecule has 21 heavy (non-hydrogen) atoms. The van der Waals surface area contributed by atoms with Crippen LogP contribution in [0.1, 0.15) is 18.5 Å². The average Bonchev–Trinajstić information content (AvgIpc) is 2.84. The predicted octanol–water partition coefficient (Wildman–Crippen LogP) is 1.48. The molecule has 2 aromatic rings. The zero-order valence-corrected chi connectivity index (χ0v) is 12.7. The van der Waals surface area contributed by atoms with Gasteiger partial charge in [-0.15, -0.1) is 0 Å². The molecule has 1 unspecified atom stereocenters. The van der Waals surface area contributed by atoms with E-state index in [1.807, 2.05) is 6.92 Å². The van der Waals surface area contributed by atoms with Gasteiger partial charge in [0, 0.05) is 38.4 Å². The fourth-order valence-electron chi connectivity index (χ4n) is 1.90. The Morgan fingerprint density at radius 1 is 1.57 bits per heavy atom. The molecule has 0 amide bonds. The largest absolute Gasteiger partial charge is 0.383 e. The molecule has 0 aliphatic rings. The SMILES string of the molecule is COCCNc1nc(C(C)Cn2cc(Cl)cn2)cc(=O)[nH]1. The normalized spacial score (nSPS) is 12.3. The number of halogens is 1. The van der Waals surface area contributed by atoms with Gasteiger partial charge in [0.15, 0.2) is 0 Å². The second-order valence-corrected chi connectivity index (χ2v) is 5.16. The molecule has 0 aromatic carbocycles. The molecule has 2 heterocycles. The number of H-pyrrole nitrogens is 1. The molecule has 0 bridgehead atoms. The Labute approximate surface area is 127 Å². The number of ether oxygens (including phenoxy) is 1. The number of methoxy groups -OCH3 is 1. The number of anilines is 1. The molecule has 0 fully saturated rings. The van der Waals surface area contributed by atoms with E-state index in [0.717, 1.165) is 0 Å². The van der Waals surface area contributed by atoms with Crippen molar-refractivity contribution in [1.82, 2.24) is 19.7 Å². The molecule has 114 valence electrons. The van der Waals surface area contributed by atoms with Crippen LogP contribution in [0.3, 0.4) is 0 Å². The molecule has 0 spiro atoms. The second-order valence-electron chi connectivity index (χ2n) is 4.72. The monoisotopic (exact) mass is 311 g/mol. The lowest BCUT2D eigenvalue weighted by atomic mass is 10.1. The third kappa shape index (κ3) is 4.57. The van der Waals surface area contributed by atoms with Crippen molar-refractivity contribution in [3.05, 3.63) is 39.5 Å². The Bertz CT molecular complexity index is 639. The van der Waals surface area contributed by atoms with Crippen molar-refractivity contribution in [3.63, 3.8) is 0 Å². The third-order valence-corrected chi connectivity index (χ3v) is 3.12. The first kappa shape index (κ1) is 15.5. The molecule has 2 N–H and O–H groups in total. The minimum atomic E-state index is -0.190. The Balaban J connectivity index is 2.09. The van der Waals surface area contributed by atoms with Crippen LogP contribution in [-0.4, -0.2) is 40.0 Å². The van der Waals surface area contributed by atoms with E-state index in [2.05, 4.69) is 20.4 Å². The number of rotatable bonds is 7. The van der Waals surface area contributed by atoms with Crippen molar-refractivity contribution in [2.75, 3.05) is 25.6 Å². The molecule has 7 nitrogen and oxygen atoms in total. The van der Waals surface area contributed by atoms with Crippen LogP contribution in [0.5, 0.6) is 0 Å². The van der Waals surface area contributed by atoms with Crippen LogP contribution < -0.4 is 10.9 Å². The number of nitrogens with one attached hydrogen (secondary N) is 2. The van der Waals surface area contributed by atoms with Gasteiger partial charge in [0.1, 0.15) is 0 Å². The van der Waals surface area contributed by atoms with Gasteiger partial charge in [-0.25, -0.2) is 4.98 Å². The number of aromatic amines is 1.